The van der Waals surface area contributed by atoms with Gasteiger partial charge in [0.15, 0.2) is 5.06 Å². The monoisotopic (exact) mass is 311 g/mol. The van der Waals surface area contributed by atoms with Gasteiger partial charge in [0.1, 0.15) is 11.6 Å². The average Bonchev–Trinajstić information content (AvgIpc) is 3.05. The topological polar surface area (TPSA) is 62.9 Å². The Morgan fingerprint density at radius 1 is 1.57 bits per heavy atom. The first-order valence-electron chi connectivity index (χ1n) is 6.14. The summed E-state index contributed by atoms with van der Waals surface area (Å²) in [7, 11) is 0. The predicted molar refractivity (Wildman–Crippen MR) is 75.9 cm³/mol. The van der Waals surface area contributed by atoms with E-state index < -0.39 is 11.9 Å². The highest BCUT2D eigenvalue weighted by Crippen LogP contribution is 2.29. The first-order chi connectivity index (χ1) is 9.95. The lowest BCUT2D eigenvalue weighted by molar-refractivity contribution is -0.167. The van der Waals surface area contributed by atoms with Gasteiger partial charge in [-0.25, -0.2) is 9.45 Å². The van der Waals surface area contributed by atoms with Gasteiger partial charge >= 0.3 is 0 Å². The van der Waals surface area contributed by atoms with E-state index >= 15 is 0 Å². The number of halogens is 1. The van der Waals surface area contributed by atoms with Crippen LogP contribution in [-0.2, 0) is 4.79 Å². The Balaban J connectivity index is 1.98. The Morgan fingerprint density at radius 2 is 2.33 bits per heavy atom. The number of rotatable bonds is 5. The van der Waals surface area contributed by atoms with Crippen molar-refractivity contribution in [2.45, 2.75) is 19.9 Å². The van der Waals surface area contributed by atoms with Crippen LogP contribution in [-0.4, -0.2) is 22.2 Å². The van der Waals surface area contributed by atoms with Crippen molar-refractivity contribution in [3.05, 3.63) is 41.2 Å². The molecule has 0 bridgehead atoms. The molecule has 0 aliphatic rings. The molecule has 7 heteroatoms. The molecule has 1 amide bonds. The van der Waals surface area contributed by atoms with Crippen LogP contribution in [0.2, 0.25) is 0 Å². The van der Waals surface area contributed by atoms with Crippen molar-refractivity contribution < 1.29 is 23.5 Å². The number of thiophene rings is 1. The Kier molecular flexibility index (Phi) is 4.77. The fourth-order valence-electron chi connectivity index (χ4n) is 1.53. The molecular weight excluding hydrogens is 297 g/mol. The molecule has 1 atom stereocenters. The first-order valence-corrected chi connectivity index (χ1v) is 7.02. The molecule has 0 spiro atoms. The molecule has 0 aromatic carbocycles. The van der Waals surface area contributed by atoms with Crippen LogP contribution in [0.25, 0.3) is 6.08 Å². The van der Waals surface area contributed by atoms with E-state index in [1.165, 1.54) is 18.4 Å². The number of hydroxylamine groups is 2. The molecule has 112 valence electrons. The van der Waals surface area contributed by atoms with Gasteiger partial charge in [-0.15, -0.1) is 11.3 Å². The van der Waals surface area contributed by atoms with E-state index in [0.29, 0.717) is 15.9 Å². The highest BCUT2D eigenvalue weighted by atomic mass is 32.1. The van der Waals surface area contributed by atoms with Gasteiger partial charge in [0.2, 0.25) is 5.91 Å². The van der Waals surface area contributed by atoms with E-state index in [4.69, 9.17) is 9.15 Å². The van der Waals surface area contributed by atoms with E-state index in [1.807, 2.05) is 0 Å². The maximum Gasteiger partial charge on any atom is 0.291 e. The minimum atomic E-state index is -0.483. The second kappa shape index (κ2) is 6.55. The second-order valence-corrected chi connectivity index (χ2v) is 5.18. The fraction of sp³-hybridized carbons (Fsp3) is 0.214. The van der Waals surface area contributed by atoms with Gasteiger partial charge in [0, 0.05) is 24.4 Å². The molecule has 5 nitrogen and oxygen atoms in total. The molecule has 0 radical (unpaired) electrons. The molecule has 21 heavy (non-hydrogen) atoms. The lowest BCUT2D eigenvalue weighted by atomic mass is 10.2. The van der Waals surface area contributed by atoms with E-state index in [9.17, 15) is 14.4 Å². The molecule has 0 saturated heterocycles. The third-order valence-corrected chi connectivity index (χ3v) is 3.37. The molecule has 1 unspecified atom stereocenters. The van der Waals surface area contributed by atoms with Crippen LogP contribution in [0.1, 0.15) is 19.6 Å². The van der Waals surface area contributed by atoms with Crippen LogP contribution in [0.3, 0.4) is 0 Å². The van der Waals surface area contributed by atoms with Crippen LogP contribution in [0.4, 0.5) is 4.39 Å². The Bertz CT molecular complexity index is 649. The highest BCUT2D eigenvalue weighted by Gasteiger charge is 2.11. The Labute approximate surface area is 124 Å². The zero-order chi connectivity index (χ0) is 15.4. The van der Waals surface area contributed by atoms with E-state index in [2.05, 4.69) is 0 Å². The minimum absolute atomic E-state index is 0.233. The van der Waals surface area contributed by atoms with Gasteiger partial charge < -0.3 is 9.15 Å². The first kappa shape index (κ1) is 15.3. The molecule has 2 aromatic rings. The van der Waals surface area contributed by atoms with Crippen molar-refractivity contribution in [3.63, 3.8) is 0 Å². The summed E-state index contributed by atoms with van der Waals surface area (Å²) in [4.78, 5) is 11.0. The van der Waals surface area contributed by atoms with Crippen molar-refractivity contribution in [3.8, 4) is 11.0 Å². The summed E-state index contributed by atoms with van der Waals surface area (Å²) in [5.41, 5.74) is 0. The summed E-state index contributed by atoms with van der Waals surface area (Å²) in [6, 6.07) is 4.05. The maximum absolute atomic E-state index is 12.8. The molecular formula is C14H14FNO4S. The van der Waals surface area contributed by atoms with Crippen LogP contribution in [0.15, 0.2) is 34.1 Å². The number of carbonyl (C=O) groups excluding carboxylic acids is 1. The van der Waals surface area contributed by atoms with Gasteiger partial charge in [0.05, 0.1) is 6.04 Å². The van der Waals surface area contributed by atoms with Gasteiger partial charge in [-0.3, -0.25) is 10.0 Å². The SMILES string of the molecule is CC(=O)N(O)C(C)C=Cc1ccc(Oc2cc(F)cs2)o1. The smallest absolute Gasteiger partial charge is 0.291 e. The zero-order valence-corrected chi connectivity index (χ0v) is 12.3. The van der Waals surface area contributed by atoms with Crippen LogP contribution in [0, 0.1) is 5.82 Å². The van der Waals surface area contributed by atoms with Crippen molar-refractivity contribution in [2.24, 2.45) is 0 Å². The van der Waals surface area contributed by atoms with Crippen LogP contribution in [0.5, 0.6) is 11.0 Å². The molecule has 2 rings (SSSR count). The van der Waals surface area contributed by atoms with Crippen molar-refractivity contribution in [1.82, 2.24) is 5.06 Å². The molecule has 2 heterocycles. The predicted octanol–water partition coefficient (Wildman–Crippen LogP) is 3.91. The lowest BCUT2D eigenvalue weighted by Gasteiger charge is -2.17. The Morgan fingerprint density at radius 3 is 2.95 bits per heavy atom. The number of hydrogen-bond donors (Lipinski definition) is 1. The number of ether oxygens (including phenoxy) is 1. The summed E-state index contributed by atoms with van der Waals surface area (Å²) >= 11 is 1.13. The Hall–Kier alpha value is -2.12. The average molecular weight is 311 g/mol. The molecule has 0 aliphatic carbocycles. The summed E-state index contributed by atoms with van der Waals surface area (Å²) in [6.07, 6.45) is 3.22. The number of carbonyl (C=O) groups is 1. The van der Waals surface area contributed by atoms with E-state index in [1.54, 1.807) is 31.2 Å². The fourth-order valence-corrected chi connectivity index (χ4v) is 2.14. The molecule has 1 N–H and O–H groups in total. The number of furan rings is 1. The lowest BCUT2D eigenvalue weighted by Crippen LogP contribution is -2.32. The number of amides is 1. The van der Waals surface area contributed by atoms with Gasteiger partial charge in [0.25, 0.3) is 5.95 Å². The second-order valence-electron chi connectivity index (χ2n) is 4.31. The van der Waals surface area contributed by atoms with E-state index in [-0.39, 0.29) is 11.8 Å². The normalized spacial score (nSPS) is 12.6. The van der Waals surface area contributed by atoms with Crippen LogP contribution >= 0.6 is 11.3 Å². The highest BCUT2D eigenvalue weighted by molar-refractivity contribution is 7.11. The third kappa shape index (κ3) is 4.17. The van der Waals surface area contributed by atoms with Crippen molar-refractivity contribution in [1.29, 1.82) is 0 Å². The molecule has 0 fully saturated rings. The summed E-state index contributed by atoms with van der Waals surface area (Å²) in [5.74, 6) is -0.0829. The summed E-state index contributed by atoms with van der Waals surface area (Å²) in [6.45, 7) is 2.93. The molecule has 0 aliphatic heterocycles. The number of nitrogens with zero attached hydrogens (tertiary/aromatic N) is 1. The third-order valence-electron chi connectivity index (χ3n) is 2.59. The van der Waals surface area contributed by atoms with Gasteiger partial charge in [-0.2, -0.15) is 0 Å². The number of hydrogen-bond acceptors (Lipinski definition) is 5. The van der Waals surface area contributed by atoms with Gasteiger partial charge in [-0.05, 0) is 19.1 Å². The van der Waals surface area contributed by atoms with E-state index in [0.717, 1.165) is 11.3 Å². The summed E-state index contributed by atoms with van der Waals surface area (Å²) < 4.78 is 23.5. The largest absolute Gasteiger partial charge is 0.426 e. The summed E-state index contributed by atoms with van der Waals surface area (Å²) in [5, 5.41) is 11.8. The van der Waals surface area contributed by atoms with Crippen molar-refractivity contribution >= 4 is 23.3 Å². The maximum atomic E-state index is 12.8. The quantitative estimate of drug-likeness (QED) is 0.671. The minimum Gasteiger partial charge on any atom is -0.426 e. The zero-order valence-electron chi connectivity index (χ0n) is 11.4. The molecule has 2 aromatic heterocycles. The van der Waals surface area contributed by atoms with Gasteiger partial charge in [-0.1, -0.05) is 6.08 Å². The standard InChI is InChI=1S/C14H14FNO4S/c1-9(16(18)10(2)17)3-4-12-5-6-13(19-12)20-14-7-11(15)8-21-14/h3-9,18H,1-2H3. The molecule has 0 saturated carbocycles. The van der Waals surface area contributed by atoms with Crippen LogP contribution < -0.4 is 4.74 Å². The van der Waals surface area contributed by atoms with Crippen molar-refractivity contribution in [2.75, 3.05) is 0 Å².